The highest BCUT2D eigenvalue weighted by atomic mass is 16.3. The van der Waals surface area contributed by atoms with Crippen LogP contribution in [-0.4, -0.2) is 52.5 Å². The maximum Gasteiger partial charge on any atom is 0.242 e. The first-order valence-electron chi connectivity index (χ1n) is 8.26. The molecule has 3 rings (SSSR count). The number of carbonyl (C=O) groups excluding carboxylic acids is 1. The summed E-state index contributed by atoms with van der Waals surface area (Å²) in [5.74, 6) is 0.140. The summed E-state index contributed by atoms with van der Waals surface area (Å²) in [4.78, 5) is 17.1. The Morgan fingerprint density at radius 3 is 2.41 bits per heavy atom. The maximum absolute atomic E-state index is 12.9. The molecule has 22 heavy (non-hydrogen) atoms. The molecule has 1 amide bonds. The van der Waals surface area contributed by atoms with Crippen molar-refractivity contribution >= 4 is 5.91 Å². The van der Waals surface area contributed by atoms with Crippen LogP contribution in [0, 0.1) is 0 Å². The zero-order chi connectivity index (χ0) is 15.8. The van der Waals surface area contributed by atoms with Crippen molar-refractivity contribution in [2.45, 2.75) is 44.2 Å². The van der Waals surface area contributed by atoms with Gasteiger partial charge in [-0.15, -0.1) is 0 Å². The lowest BCUT2D eigenvalue weighted by Crippen LogP contribution is -2.55. The summed E-state index contributed by atoms with van der Waals surface area (Å²) in [6, 6.07) is 9.71. The summed E-state index contributed by atoms with van der Waals surface area (Å²) < 4.78 is 0. The van der Waals surface area contributed by atoms with Crippen molar-refractivity contribution in [3.63, 3.8) is 0 Å². The second kappa shape index (κ2) is 5.67. The highest BCUT2D eigenvalue weighted by Crippen LogP contribution is 2.34. The van der Waals surface area contributed by atoms with Crippen molar-refractivity contribution in [1.29, 1.82) is 0 Å². The third kappa shape index (κ3) is 2.66. The summed E-state index contributed by atoms with van der Waals surface area (Å²) in [7, 11) is 0. The second-order valence-corrected chi connectivity index (χ2v) is 7.13. The third-order valence-corrected chi connectivity index (χ3v) is 5.27. The van der Waals surface area contributed by atoms with Gasteiger partial charge < -0.3 is 10.0 Å². The number of carbonyl (C=O) groups is 1. The summed E-state index contributed by atoms with van der Waals surface area (Å²) in [5, 5.41) is 10.9. The molecule has 2 aliphatic heterocycles. The molecule has 0 unspecified atom stereocenters. The van der Waals surface area contributed by atoms with Crippen molar-refractivity contribution in [3.8, 4) is 0 Å². The number of hydrogen-bond acceptors (Lipinski definition) is 3. The fourth-order valence-electron chi connectivity index (χ4n) is 3.75. The van der Waals surface area contributed by atoms with Gasteiger partial charge in [0.25, 0.3) is 0 Å². The van der Waals surface area contributed by atoms with Crippen LogP contribution in [0.5, 0.6) is 0 Å². The molecule has 2 saturated heterocycles. The minimum atomic E-state index is -0.905. The molecule has 120 valence electrons. The lowest BCUT2D eigenvalue weighted by Gasteiger charge is -2.37. The van der Waals surface area contributed by atoms with E-state index in [9.17, 15) is 9.90 Å². The fourth-order valence-corrected chi connectivity index (χ4v) is 3.75. The average molecular weight is 302 g/mol. The van der Waals surface area contributed by atoms with E-state index in [2.05, 4.69) is 4.90 Å². The predicted octanol–water partition coefficient (Wildman–Crippen LogP) is 1.98. The van der Waals surface area contributed by atoms with Crippen LogP contribution >= 0.6 is 0 Å². The van der Waals surface area contributed by atoms with E-state index in [1.165, 1.54) is 12.8 Å². The van der Waals surface area contributed by atoms with Gasteiger partial charge in [-0.3, -0.25) is 9.69 Å². The van der Waals surface area contributed by atoms with E-state index in [1.807, 2.05) is 49.1 Å². The molecule has 0 bridgehead atoms. The quantitative estimate of drug-likeness (QED) is 0.928. The molecule has 4 nitrogen and oxygen atoms in total. The van der Waals surface area contributed by atoms with Gasteiger partial charge in [0.15, 0.2) is 0 Å². The number of aliphatic hydroxyl groups is 1. The first kappa shape index (κ1) is 15.5. The molecule has 0 aromatic heterocycles. The Morgan fingerprint density at radius 1 is 1.14 bits per heavy atom. The number of nitrogens with zero attached hydrogens (tertiary/aromatic N) is 2. The standard InChI is InChI=1S/C18H26N2O2/c1-17(2,20-11-6-7-12-20)16(21)19-13-10-18(22,14-19)15-8-4-3-5-9-15/h3-5,8-9,22H,6-7,10-14H2,1-2H3/t18-/m1/s1. The van der Waals surface area contributed by atoms with Crippen molar-refractivity contribution in [3.05, 3.63) is 35.9 Å². The molecule has 1 aromatic carbocycles. The van der Waals surface area contributed by atoms with E-state index in [0.717, 1.165) is 18.7 Å². The van der Waals surface area contributed by atoms with E-state index in [4.69, 9.17) is 0 Å². The minimum Gasteiger partial charge on any atom is -0.383 e. The number of likely N-dealkylation sites (tertiary alicyclic amines) is 2. The minimum absolute atomic E-state index is 0.140. The van der Waals surface area contributed by atoms with Crippen molar-refractivity contribution < 1.29 is 9.90 Å². The molecule has 0 spiro atoms. The Labute approximate surface area is 132 Å². The monoisotopic (exact) mass is 302 g/mol. The van der Waals surface area contributed by atoms with Gasteiger partial charge in [0, 0.05) is 6.54 Å². The number of benzene rings is 1. The van der Waals surface area contributed by atoms with E-state index in [-0.39, 0.29) is 5.91 Å². The Hall–Kier alpha value is -1.39. The van der Waals surface area contributed by atoms with E-state index in [0.29, 0.717) is 19.5 Å². The molecular formula is C18H26N2O2. The Balaban J connectivity index is 1.73. The van der Waals surface area contributed by atoms with Crippen LogP contribution in [0.4, 0.5) is 0 Å². The molecule has 0 aliphatic carbocycles. The average Bonchev–Trinajstić information content (AvgIpc) is 3.18. The SMILES string of the molecule is CC(C)(C(=O)N1CC[C@](O)(c2ccccc2)C1)N1CCCC1. The maximum atomic E-state index is 12.9. The topological polar surface area (TPSA) is 43.8 Å². The molecule has 2 fully saturated rings. The van der Waals surface area contributed by atoms with Crippen LogP contribution in [0.25, 0.3) is 0 Å². The molecule has 2 aliphatic rings. The van der Waals surface area contributed by atoms with E-state index in [1.54, 1.807) is 0 Å². The van der Waals surface area contributed by atoms with Gasteiger partial charge in [-0.05, 0) is 51.8 Å². The second-order valence-electron chi connectivity index (χ2n) is 7.13. The molecule has 0 radical (unpaired) electrons. The Kier molecular flexibility index (Phi) is 4.00. The van der Waals surface area contributed by atoms with Crippen molar-refractivity contribution in [1.82, 2.24) is 9.80 Å². The highest BCUT2D eigenvalue weighted by molar-refractivity contribution is 5.86. The van der Waals surface area contributed by atoms with Gasteiger partial charge in [0.05, 0.1) is 12.1 Å². The van der Waals surface area contributed by atoms with Crippen molar-refractivity contribution in [2.24, 2.45) is 0 Å². The largest absolute Gasteiger partial charge is 0.383 e. The van der Waals surface area contributed by atoms with E-state index < -0.39 is 11.1 Å². The lowest BCUT2D eigenvalue weighted by atomic mass is 9.93. The smallest absolute Gasteiger partial charge is 0.242 e. The van der Waals surface area contributed by atoms with Crippen molar-refractivity contribution in [2.75, 3.05) is 26.2 Å². The Bertz CT molecular complexity index is 537. The number of amides is 1. The van der Waals surface area contributed by atoms with Crippen LogP contribution in [0.15, 0.2) is 30.3 Å². The van der Waals surface area contributed by atoms with Gasteiger partial charge in [-0.2, -0.15) is 0 Å². The predicted molar refractivity (Wildman–Crippen MR) is 86.4 cm³/mol. The molecule has 1 atom stereocenters. The summed E-state index contributed by atoms with van der Waals surface area (Å²) in [6.07, 6.45) is 2.95. The number of β-amino-alcohol motifs (C(OH)–C–C–N with tert-alkyl or cyclic N) is 1. The summed E-state index contributed by atoms with van der Waals surface area (Å²) >= 11 is 0. The molecular weight excluding hydrogens is 276 g/mol. The van der Waals surface area contributed by atoms with E-state index >= 15 is 0 Å². The van der Waals surface area contributed by atoms with Crippen LogP contribution in [0.2, 0.25) is 0 Å². The zero-order valence-corrected chi connectivity index (χ0v) is 13.6. The summed E-state index contributed by atoms with van der Waals surface area (Å²) in [6.45, 7) is 7.04. The number of hydrogen-bond donors (Lipinski definition) is 1. The Morgan fingerprint density at radius 2 is 1.77 bits per heavy atom. The third-order valence-electron chi connectivity index (χ3n) is 5.27. The highest BCUT2D eigenvalue weighted by Gasteiger charge is 2.45. The first-order chi connectivity index (χ1) is 10.4. The molecule has 1 aromatic rings. The molecule has 4 heteroatoms. The van der Waals surface area contributed by atoms with Gasteiger partial charge in [-0.1, -0.05) is 30.3 Å². The zero-order valence-electron chi connectivity index (χ0n) is 13.6. The molecule has 0 saturated carbocycles. The molecule has 1 N–H and O–H groups in total. The fraction of sp³-hybridized carbons (Fsp3) is 0.611. The normalized spacial score (nSPS) is 26.6. The van der Waals surface area contributed by atoms with Gasteiger partial charge >= 0.3 is 0 Å². The lowest BCUT2D eigenvalue weighted by molar-refractivity contribution is -0.142. The van der Waals surface area contributed by atoms with Crippen LogP contribution in [0.3, 0.4) is 0 Å². The van der Waals surface area contributed by atoms with Gasteiger partial charge in [0.1, 0.15) is 5.60 Å². The van der Waals surface area contributed by atoms with Crippen LogP contribution in [-0.2, 0) is 10.4 Å². The number of rotatable bonds is 3. The van der Waals surface area contributed by atoms with Gasteiger partial charge in [0.2, 0.25) is 5.91 Å². The van der Waals surface area contributed by atoms with Crippen LogP contribution in [0.1, 0.15) is 38.7 Å². The van der Waals surface area contributed by atoms with Gasteiger partial charge in [-0.25, -0.2) is 0 Å². The molecule has 2 heterocycles. The van der Waals surface area contributed by atoms with Crippen LogP contribution < -0.4 is 0 Å². The summed E-state index contributed by atoms with van der Waals surface area (Å²) in [5.41, 5.74) is -0.472. The first-order valence-corrected chi connectivity index (χ1v) is 8.26.